The third kappa shape index (κ3) is 2.68. The van der Waals surface area contributed by atoms with Gasteiger partial charge in [0.1, 0.15) is 0 Å². The normalized spacial score (nSPS) is 36.7. The van der Waals surface area contributed by atoms with E-state index in [1.165, 1.54) is 38.5 Å². The van der Waals surface area contributed by atoms with Crippen molar-refractivity contribution in [3.63, 3.8) is 0 Å². The Morgan fingerprint density at radius 3 is 1.92 bits per heavy atom. The summed E-state index contributed by atoms with van der Waals surface area (Å²) >= 11 is 0. The quantitative estimate of drug-likeness (QED) is 0.712. The van der Waals surface area contributed by atoms with Gasteiger partial charge in [0.15, 0.2) is 0 Å². The topological polar surface area (TPSA) is 35.2 Å². The van der Waals surface area contributed by atoms with Gasteiger partial charge in [0, 0.05) is 6.04 Å². The molecule has 0 atom stereocenters. The summed E-state index contributed by atoms with van der Waals surface area (Å²) in [5, 5.41) is 0. The predicted molar refractivity (Wildman–Crippen MR) is 53.6 cm³/mol. The smallest absolute Gasteiger partial charge is 0.0580 e. The molecule has 0 aromatic heterocycles. The minimum atomic E-state index is 0.448. The molecule has 13 heavy (non-hydrogen) atoms. The minimum Gasteiger partial charge on any atom is -0.375 e. The lowest BCUT2D eigenvalue weighted by molar-refractivity contribution is -0.0280. The van der Waals surface area contributed by atoms with Crippen LogP contribution < -0.4 is 5.73 Å². The monoisotopic (exact) mass is 183 g/mol. The first-order chi connectivity index (χ1) is 6.34. The van der Waals surface area contributed by atoms with Gasteiger partial charge in [0.2, 0.25) is 0 Å². The maximum atomic E-state index is 6.04. The van der Waals surface area contributed by atoms with Crippen LogP contribution in [0.2, 0.25) is 0 Å². The van der Waals surface area contributed by atoms with Gasteiger partial charge in [-0.1, -0.05) is 12.8 Å². The van der Waals surface area contributed by atoms with Crippen LogP contribution in [0.4, 0.5) is 0 Å². The highest BCUT2D eigenvalue weighted by Crippen LogP contribution is 2.27. The molecule has 2 fully saturated rings. The molecule has 0 bridgehead atoms. The molecular formula is C11H21NO. The highest BCUT2D eigenvalue weighted by Gasteiger charge is 2.23. The highest BCUT2D eigenvalue weighted by atomic mass is 16.5. The van der Waals surface area contributed by atoms with E-state index >= 15 is 0 Å². The highest BCUT2D eigenvalue weighted by molar-refractivity contribution is 4.77. The molecule has 0 aliphatic heterocycles. The van der Waals surface area contributed by atoms with Gasteiger partial charge in [-0.25, -0.2) is 0 Å². The van der Waals surface area contributed by atoms with E-state index in [1.54, 1.807) is 0 Å². The minimum absolute atomic E-state index is 0.448. The first-order valence-corrected chi connectivity index (χ1v) is 5.75. The van der Waals surface area contributed by atoms with Crippen LogP contribution in [0.5, 0.6) is 0 Å². The zero-order chi connectivity index (χ0) is 9.10. The van der Waals surface area contributed by atoms with Gasteiger partial charge in [0.25, 0.3) is 0 Å². The lowest BCUT2D eigenvalue weighted by atomic mass is 9.93. The fourth-order valence-corrected chi connectivity index (χ4v) is 2.52. The summed E-state index contributed by atoms with van der Waals surface area (Å²) in [5.41, 5.74) is 5.85. The number of hydrogen-bond acceptors (Lipinski definition) is 2. The zero-order valence-corrected chi connectivity index (χ0v) is 8.37. The maximum Gasteiger partial charge on any atom is 0.0580 e. The first-order valence-electron chi connectivity index (χ1n) is 5.75. The second-order valence-electron chi connectivity index (χ2n) is 4.58. The molecule has 2 aliphatic carbocycles. The Kier molecular flexibility index (Phi) is 3.23. The van der Waals surface area contributed by atoms with Crippen molar-refractivity contribution < 1.29 is 4.74 Å². The molecule has 0 spiro atoms. The lowest BCUT2D eigenvalue weighted by Crippen LogP contribution is -2.32. The van der Waals surface area contributed by atoms with Crippen LogP contribution in [-0.4, -0.2) is 18.2 Å². The Balaban J connectivity index is 1.69. The molecule has 0 aromatic carbocycles. The standard InChI is InChI=1S/C11H21NO/c12-9-5-7-11(8-6-9)13-10-3-1-2-4-10/h9-11H,1-8,12H2. The molecule has 76 valence electrons. The molecule has 0 amide bonds. The van der Waals surface area contributed by atoms with Crippen molar-refractivity contribution >= 4 is 0 Å². The van der Waals surface area contributed by atoms with Crippen LogP contribution in [0, 0.1) is 0 Å². The zero-order valence-electron chi connectivity index (χ0n) is 8.37. The van der Waals surface area contributed by atoms with E-state index in [-0.39, 0.29) is 0 Å². The lowest BCUT2D eigenvalue weighted by Gasteiger charge is -2.28. The Morgan fingerprint density at radius 2 is 1.31 bits per heavy atom. The second-order valence-corrected chi connectivity index (χ2v) is 4.58. The van der Waals surface area contributed by atoms with Gasteiger partial charge >= 0.3 is 0 Å². The number of rotatable bonds is 2. The molecule has 0 aromatic rings. The molecule has 0 saturated heterocycles. The number of hydrogen-bond donors (Lipinski definition) is 1. The molecular weight excluding hydrogens is 162 g/mol. The van der Waals surface area contributed by atoms with E-state index in [9.17, 15) is 0 Å². The van der Waals surface area contributed by atoms with Crippen LogP contribution in [-0.2, 0) is 4.74 Å². The Hall–Kier alpha value is -0.0800. The summed E-state index contributed by atoms with van der Waals surface area (Å²) in [6.45, 7) is 0. The Bertz CT molecular complexity index is 146. The summed E-state index contributed by atoms with van der Waals surface area (Å²) < 4.78 is 6.04. The van der Waals surface area contributed by atoms with E-state index in [0.717, 1.165) is 12.8 Å². The van der Waals surface area contributed by atoms with Crippen LogP contribution in [0.25, 0.3) is 0 Å². The molecule has 0 unspecified atom stereocenters. The van der Waals surface area contributed by atoms with Crippen molar-refractivity contribution in [1.82, 2.24) is 0 Å². The molecule has 2 N–H and O–H groups in total. The van der Waals surface area contributed by atoms with Gasteiger partial charge in [-0.15, -0.1) is 0 Å². The Labute approximate surface area is 80.8 Å². The van der Waals surface area contributed by atoms with Crippen molar-refractivity contribution in [2.45, 2.75) is 69.6 Å². The van der Waals surface area contributed by atoms with Crippen LogP contribution >= 0.6 is 0 Å². The molecule has 2 heteroatoms. The van der Waals surface area contributed by atoms with Gasteiger partial charge in [0.05, 0.1) is 12.2 Å². The SMILES string of the molecule is NC1CCC(OC2CCCC2)CC1. The van der Waals surface area contributed by atoms with Crippen LogP contribution in [0.1, 0.15) is 51.4 Å². The summed E-state index contributed by atoms with van der Waals surface area (Å²) in [5.74, 6) is 0. The summed E-state index contributed by atoms with van der Waals surface area (Å²) in [6.07, 6.45) is 11.2. The summed E-state index contributed by atoms with van der Waals surface area (Å²) in [4.78, 5) is 0. The first kappa shape index (κ1) is 9.47. The maximum absolute atomic E-state index is 6.04. The van der Waals surface area contributed by atoms with Crippen LogP contribution in [0.3, 0.4) is 0 Å². The number of nitrogens with two attached hydrogens (primary N) is 1. The van der Waals surface area contributed by atoms with E-state index < -0.39 is 0 Å². The Morgan fingerprint density at radius 1 is 0.769 bits per heavy atom. The largest absolute Gasteiger partial charge is 0.375 e. The second kappa shape index (κ2) is 4.43. The fourth-order valence-electron chi connectivity index (χ4n) is 2.52. The molecule has 2 nitrogen and oxygen atoms in total. The van der Waals surface area contributed by atoms with E-state index in [0.29, 0.717) is 18.2 Å². The molecule has 0 heterocycles. The average Bonchev–Trinajstić information content (AvgIpc) is 2.62. The van der Waals surface area contributed by atoms with Gasteiger partial charge in [-0.05, 0) is 38.5 Å². The van der Waals surface area contributed by atoms with Crippen molar-refractivity contribution in [1.29, 1.82) is 0 Å². The summed E-state index contributed by atoms with van der Waals surface area (Å²) in [6, 6.07) is 0.448. The third-order valence-electron chi connectivity index (χ3n) is 3.41. The molecule has 2 saturated carbocycles. The average molecular weight is 183 g/mol. The van der Waals surface area contributed by atoms with Crippen molar-refractivity contribution in [2.24, 2.45) is 5.73 Å². The van der Waals surface area contributed by atoms with E-state index in [1.807, 2.05) is 0 Å². The van der Waals surface area contributed by atoms with E-state index in [2.05, 4.69) is 0 Å². The van der Waals surface area contributed by atoms with Crippen molar-refractivity contribution in [3.8, 4) is 0 Å². The fraction of sp³-hybridized carbons (Fsp3) is 1.00. The molecule has 2 rings (SSSR count). The molecule has 2 aliphatic rings. The van der Waals surface area contributed by atoms with Crippen molar-refractivity contribution in [2.75, 3.05) is 0 Å². The van der Waals surface area contributed by atoms with Crippen LogP contribution in [0.15, 0.2) is 0 Å². The van der Waals surface area contributed by atoms with Gasteiger partial charge in [-0.3, -0.25) is 0 Å². The van der Waals surface area contributed by atoms with Crippen molar-refractivity contribution in [3.05, 3.63) is 0 Å². The predicted octanol–water partition coefficient (Wildman–Crippen LogP) is 2.22. The third-order valence-corrected chi connectivity index (χ3v) is 3.41. The van der Waals surface area contributed by atoms with E-state index in [4.69, 9.17) is 10.5 Å². The molecule has 0 radical (unpaired) electrons. The van der Waals surface area contributed by atoms with Gasteiger partial charge in [-0.2, -0.15) is 0 Å². The number of ether oxygens (including phenoxy) is 1. The summed E-state index contributed by atoms with van der Waals surface area (Å²) in [7, 11) is 0. The van der Waals surface area contributed by atoms with Gasteiger partial charge < -0.3 is 10.5 Å².